The number of nitrogens with zero attached hydrogens (tertiary/aromatic N) is 3. The van der Waals surface area contributed by atoms with Crippen molar-refractivity contribution in [3.8, 4) is 10.8 Å². The number of rotatable bonds is 3. The smallest absolute Gasteiger partial charge is 0.257 e. The largest absolute Gasteiger partial charge is 0.418 e. The second kappa shape index (κ2) is 5.17. The molecule has 6 nitrogen and oxygen atoms in total. The molecule has 4 rings (SSSR count). The van der Waals surface area contributed by atoms with Crippen LogP contribution in [0.2, 0.25) is 0 Å². The molecule has 2 aromatic rings. The van der Waals surface area contributed by atoms with Crippen LogP contribution < -0.4 is 0 Å². The molecule has 1 aliphatic carbocycles. The average Bonchev–Trinajstić information content (AvgIpc) is 3.25. The quantitative estimate of drug-likeness (QED) is 0.641. The van der Waals surface area contributed by atoms with E-state index >= 15 is 0 Å². The summed E-state index contributed by atoms with van der Waals surface area (Å²) >= 11 is 1.50. The molecular weight excluding hydrogens is 302 g/mol. The van der Waals surface area contributed by atoms with Gasteiger partial charge in [-0.05, 0) is 24.3 Å². The van der Waals surface area contributed by atoms with Crippen LogP contribution in [-0.2, 0) is 16.1 Å². The summed E-state index contributed by atoms with van der Waals surface area (Å²) in [6, 6.07) is 3.78. The summed E-state index contributed by atoms with van der Waals surface area (Å²) in [6.07, 6.45) is 5.21. The molecule has 22 heavy (non-hydrogen) atoms. The first-order valence-electron chi connectivity index (χ1n) is 7.10. The van der Waals surface area contributed by atoms with Gasteiger partial charge < -0.3 is 4.42 Å². The van der Waals surface area contributed by atoms with Crippen molar-refractivity contribution in [1.82, 2.24) is 15.1 Å². The van der Waals surface area contributed by atoms with E-state index in [1.807, 2.05) is 29.7 Å². The van der Waals surface area contributed by atoms with E-state index < -0.39 is 0 Å². The highest BCUT2D eigenvalue weighted by Crippen LogP contribution is 2.35. The van der Waals surface area contributed by atoms with Crippen molar-refractivity contribution in [3.05, 3.63) is 35.6 Å². The number of carbonyl (C=O) groups is 2. The van der Waals surface area contributed by atoms with Gasteiger partial charge in [0.15, 0.2) is 0 Å². The molecular formula is C15H13N3O3S. The number of allylic oxidation sites excluding steroid dienone is 2. The van der Waals surface area contributed by atoms with Gasteiger partial charge >= 0.3 is 0 Å². The lowest BCUT2D eigenvalue weighted by Gasteiger charge is -2.14. The Morgan fingerprint density at radius 1 is 1.18 bits per heavy atom. The van der Waals surface area contributed by atoms with Gasteiger partial charge in [0, 0.05) is 0 Å². The average molecular weight is 315 g/mol. The van der Waals surface area contributed by atoms with Gasteiger partial charge in [0.1, 0.15) is 6.54 Å². The van der Waals surface area contributed by atoms with Gasteiger partial charge in [-0.2, -0.15) is 0 Å². The van der Waals surface area contributed by atoms with E-state index in [4.69, 9.17) is 4.42 Å². The van der Waals surface area contributed by atoms with Crippen molar-refractivity contribution in [3.63, 3.8) is 0 Å². The molecule has 1 aliphatic heterocycles. The predicted molar refractivity (Wildman–Crippen MR) is 78.5 cm³/mol. The third-order valence-corrected chi connectivity index (χ3v) is 4.95. The standard InChI is InChI=1S/C15H13N3O3S/c19-14-9-4-1-2-5-10(9)15(20)18(14)8-12-16-17-13(21-12)11-6-3-7-22-11/h1-3,6-7,9-10H,4-5,8H2. The zero-order valence-corrected chi connectivity index (χ0v) is 12.5. The lowest BCUT2D eigenvalue weighted by Crippen LogP contribution is -2.30. The second-order valence-corrected chi connectivity index (χ2v) is 6.34. The first-order chi connectivity index (χ1) is 10.7. The van der Waals surface area contributed by atoms with Crippen molar-refractivity contribution in [1.29, 1.82) is 0 Å². The number of aromatic nitrogens is 2. The Balaban J connectivity index is 1.54. The summed E-state index contributed by atoms with van der Waals surface area (Å²) < 4.78 is 5.57. The van der Waals surface area contributed by atoms with Crippen molar-refractivity contribution in [2.45, 2.75) is 19.4 Å². The normalized spacial score (nSPS) is 24.1. The van der Waals surface area contributed by atoms with Crippen LogP contribution >= 0.6 is 11.3 Å². The molecule has 0 aromatic carbocycles. The topological polar surface area (TPSA) is 76.3 Å². The summed E-state index contributed by atoms with van der Waals surface area (Å²) in [5.41, 5.74) is 0. The van der Waals surface area contributed by atoms with Gasteiger partial charge in [-0.25, -0.2) is 0 Å². The Bertz CT molecular complexity index is 724. The lowest BCUT2D eigenvalue weighted by molar-refractivity contribution is -0.140. The Hall–Kier alpha value is -2.28. The molecule has 3 heterocycles. The Morgan fingerprint density at radius 3 is 2.55 bits per heavy atom. The van der Waals surface area contributed by atoms with E-state index in [9.17, 15) is 9.59 Å². The van der Waals surface area contributed by atoms with Crippen molar-refractivity contribution in [2.24, 2.45) is 11.8 Å². The van der Waals surface area contributed by atoms with Crippen LogP contribution in [0.15, 0.2) is 34.1 Å². The number of thiophene rings is 1. The molecule has 2 atom stereocenters. The van der Waals surface area contributed by atoms with Gasteiger partial charge in [-0.15, -0.1) is 21.5 Å². The van der Waals surface area contributed by atoms with Crippen LogP contribution in [-0.4, -0.2) is 26.9 Å². The van der Waals surface area contributed by atoms with Crippen molar-refractivity contribution >= 4 is 23.2 Å². The molecule has 0 radical (unpaired) electrons. The van der Waals surface area contributed by atoms with Crippen molar-refractivity contribution < 1.29 is 14.0 Å². The fourth-order valence-electron chi connectivity index (χ4n) is 2.98. The number of amides is 2. The number of fused-ring (bicyclic) bond motifs is 1. The number of imide groups is 1. The molecule has 0 saturated carbocycles. The molecule has 2 unspecified atom stereocenters. The molecule has 0 spiro atoms. The molecule has 0 bridgehead atoms. The lowest BCUT2D eigenvalue weighted by atomic mass is 9.85. The summed E-state index contributed by atoms with van der Waals surface area (Å²) in [7, 11) is 0. The summed E-state index contributed by atoms with van der Waals surface area (Å²) in [4.78, 5) is 26.9. The van der Waals surface area contributed by atoms with Crippen LogP contribution in [0, 0.1) is 11.8 Å². The number of hydrogen-bond donors (Lipinski definition) is 0. The third-order valence-electron chi connectivity index (χ3n) is 4.09. The zero-order valence-electron chi connectivity index (χ0n) is 11.6. The molecule has 7 heteroatoms. The number of carbonyl (C=O) groups excluding carboxylic acids is 2. The first-order valence-corrected chi connectivity index (χ1v) is 7.98. The van der Waals surface area contributed by atoms with E-state index in [1.165, 1.54) is 16.2 Å². The fourth-order valence-corrected chi connectivity index (χ4v) is 3.62. The van der Waals surface area contributed by atoms with Gasteiger partial charge in [0.25, 0.3) is 5.89 Å². The van der Waals surface area contributed by atoms with E-state index in [1.54, 1.807) is 0 Å². The Labute approximate surface area is 130 Å². The highest BCUT2D eigenvalue weighted by atomic mass is 32.1. The SMILES string of the molecule is O=C1C2CC=CCC2C(=O)N1Cc1nnc(-c2cccs2)o1. The van der Waals surface area contributed by atoms with Gasteiger partial charge in [0.05, 0.1) is 16.7 Å². The molecule has 1 fully saturated rings. The third kappa shape index (κ3) is 2.09. The second-order valence-electron chi connectivity index (χ2n) is 5.40. The number of likely N-dealkylation sites (tertiary alicyclic amines) is 1. The van der Waals surface area contributed by atoms with Gasteiger partial charge in [0.2, 0.25) is 17.7 Å². The maximum atomic E-state index is 12.4. The van der Waals surface area contributed by atoms with Crippen LogP contribution in [0.25, 0.3) is 10.8 Å². The molecule has 2 aliphatic rings. The van der Waals surface area contributed by atoms with Crippen LogP contribution in [0.4, 0.5) is 0 Å². The predicted octanol–water partition coefficient (Wildman–Crippen LogP) is 2.25. The first kappa shape index (κ1) is 13.4. The summed E-state index contributed by atoms with van der Waals surface area (Å²) in [6.45, 7) is 0.0586. The van der Waals surface area contributed by atoms with E-state index in [-0.39, 0.29) is 36.1 Å². The van der Waals surface area contributed by atoms with Crippen molar-refractivity contribution in [2.75, 3.05) is 0 Å². The van der Waals surface area contributed by atoms with Crippen LogP contribution in [0.1, 0.15) is 18.7 Å². The fraction of sp³-hybridized carbons (Fsp3) is 0.333. The summed E-state index contributed by atoms with van der Waals surface area (Å²) in [5.74, 6) is -0.000271. The Morgan fingerprint density at radius 2 is 1.91 bits per heavy atom. The molecule has 0 N–H and O–H groups in total. The van der Waals surface area contributed by atoms with Gasteiger partial charge in [-0.1, -0.05) is 18.2 Å². The zero-order chi connectivity index (χ0) is 15.1. The molecule has 112 valence electrons. The highest BCUT2D eigenvalue weighted by Gasteiger charge is 2.47. The minimum Gasteiger partial charge on any atom is -0.418 e. The molecule has 2 aromatic heterocycles. The molecule has 2 amide bonds. The van der Waals surface area contributed by atoms with E-state index in [0.717, 1.165) is 4.88 Å². The molecule has 1 saturated heterocycles. The maximum absolute atomic E-state index is 12.4. The van der Waals surface area contributed by atoms with Crippen LogP contribution in [0.5, 0.6) is 0 Å². The van der Waals surface area contributed by atoms with Gasteiger partial charge in [-0.3, -0.25) is 14.5 Å². The Kier molecular flexibility index (Phi) is 3.15. The number of hydrogen-bond acceptors (Lipinski definition) is 6. The minimum atomic E-state index is -0.225. The van der Waals surface area contributed by atoms with E-state index in [0.29, 0.717) is 18.7 Å². The monoisotopic (exact) mass is 315 g/mol. The summed E-state index contributed by atoms with van der Waals surface area (Å²) in [5, 5.41) is 9.84. The minimum absolute atomic E-state index is 0.0586. The van der Waals surface area contributed by atoms with E-state index in [2.05, 4.69) is 10.2 Å². The highest BCUT2D eigenvalue weighted by molar-refractivity contribution is 7.13. The van der Waals surface area contributed by atoms with Crippen LogP contribution in [0.3, 0.4) is 0 Å². The maximum Gasteiger partial charge on any atom is 0.257 e.